The molecule has 1 N–H and O–H groups in total. The van der Waals surface area contributed by atoms with Crippen molar-refractivity contribution >= 4 is 33.6 Å². The van der Waals surface area contributed by atoms with Crippen molar-refractivity contribution in [2.24, 2.45) is 7.05 Å². The van der Waals surface area contributed by atoms with Gasteiger partial charge in [0.15, 0.2) is 24.2 Å². The first kappa shape index (κ1) is 23.7. The van der Waals surface area contributed by atoms with Gasteiger partial charge in [0.05, 0.1) is 23.2 Å². The number of rotatable bonds is 5. The van der Waals surface area contributed by atoms with Crippen molar-refractivity contribution in [3.05, 3.63) is 42.5 Å². The molecule has 0 saturated carbocycles. The number of hydrogen-bond donors (Lipinski definition) is 1. The molecule has 1 fully saturated rings. The number of carbonyl (C=O) groups is 1. The molecule has 11 heteroatoms. The molecule has 0 unspecified atom stereocenters. The van der Waals surface area contributed by atoms with Gasteiger partial charge < -0.3 is 19.5 Å². The summed E-state index contributed by atoms with van der Waals surface area (Å²) >= 11 is 0. The smallest absolute Gasteiger partial charge is 0.407 e. The van der Waals surface area contributed by atoms with Crippen molar-refractivity contribution in [3.63, 3.8) is 0 Å². The first-order chi connectivity index (χ1) is 17.3. The maximum Gasteiger partial charge on any atom is 0.407 e. The SMILES string of the molecule is COCOc1c(-c2ncc3cc(N4C[C@@H](C)N(C(=O)O)[C@H](C)C4)ccc3n2)cc2cn(C)nc2c1F. The van der Waals surface area contributed by atoms with Crippen molar-refractivity contribution in [1.82, 2.24) is 24.6 Å². The number of hydrogen-bond acceptors (Lipinski definition) is 7. The van der Waals surface area contributed by atoms with Gasteiger partial charge in [0, 0.05) is 56.1 Å². The Hall–Kier alpha value is -3.99. The van der Waals surface area contributed by atoms with Gasteiger partial charge in [-0.05, 0) is 38.1 Å². The van der Waals surface area contributed by atoms with Gasteiger partial charge in [0.1, 0.15) is 5.52 Å². The van der Waals surface area contributed by atoms with Crippen LogP contribution < -0.4 is 9.64 Å². The number of carboxylic acid groups (broad SMARTS) is 1. The third-order valence-corrected chi connectivity index (χ3v) is 6.44. The van der Waals surface area contributed by atoms with Crippen LogP contribution in [0.1, 0.15) is 13.8 Å². The number of benzene rings is 2. The van der Waals surface area contributed by atoms with Crippen LogP contribution in [0.2, 0.25) is 0 Å². The second-order valence-corrected chi connectivity index (χ2v) is 9.09. The average molecular weight is 495 g/mol. The van der Waals surface area contributed by atoms with Crippen LogP contribution in [-0.4, -0.2) is 74.9 Å². The first-order valence-corrected chi connectivity index (χ1v) is 11.6. The number of methoxy groups -OCH3 is 1. The van der Waals surface area contributed by atoms with Crippen LogP contribution in [0.25, 0.3) is 33.2 Å². The number of piperazine rings is 1. The molecule has 4 aromatic rings. The molecule has 0 spiro atoms. The molecule has 0 aliphatic carbocycles. The number of halogens is 1. The van der Waals surface area contributed by atoms with E-state index in [1.807, 2.05) is 32.0 Å². The summed E-state index contributed by atoms with van der Waals surface area (Å²) in [5.74, 6) is -0.287. The van der Waals surface area contributed by atoms with E-state index in [2.05, 4.69) is 15.0 Å². The third kappa shape index (κ3) is 4.15. The van der Waals surface area contributed by atoms with Crippen molar-refractivity contribution in [2.45, 2.75) is 25.9 Å². The van der Waals surface area contributed by atoms with Gasteiger partial charge >= 0.3 is 6.09 Å². The molecule has 1 saturated heterocycles. The highest BCUT2D eigenvalue weighted by atomic mass is 19.1. The number of anilines is 1. The van der Waals surface area contributed by atoms with E-state index >= 15 is 4.39 Å². The Kier molecular flexibility index (Phi) is 6.09. The van der Waals surface area contributed by atoms with Crippen molar-refractivity contribution in [1.29, 1.82) is 0 Å². The highest BCUT2D eigenvalue weighted by Crippen LogP contribution is 2.36. The van der Waals surface area contributed by atoms with Gasteiger partial charge in [-0.2, -0.15) is 5.10 Å². The van der Waals surface area contributed by atoms with Gasteiger partial charge in [-0.3, -0.25) is 9.58 Å². The molecule has 1 amide bonds. The quantitative estimate of drug-likeness (QED) is 0.417. The fourth-order valence-corrected chi connectivity index (χ4v) is 4.91. The highest BCUT2D eigenvalue weighted by Gasteiger charge is 2.33. The molecule has 2 atom stereocenters. The summed E-state index contributed by atoms with van der Waals surface area (Å²) in [6.07, 6.45) is 2.53. The predicted octanol–water partition coefficient (Wildman–Crippen LogP) is 3.88. The topological polar surface area (TPSA) is 106 Å². The summed E-state index contributed by atoms with van der Waals surface area (Å²) < 4.78 is 27.4. The van der Waals surface area contributed by atoms with Gasteiger partial charge in [-0.25, -0.2) is 19.2 Å². The van der Waals surface area contributed by atoms with Crippen LogP contribution in [0.5, 0.6) is 5.75 Å². The van der Waals surface area contributed by atoms with E-state index in [0.717, 1.165) is 11.1 Å². The standard InChI is InChI=1S/C25H27FN6O4/c1-14-10-31(11-15(2)32(14)25(33)34)18-5-6-20-16(7-18)9-27-24(28-20)19-8-17-12-30(3)29-22(17)21(26)23(19)36-13-35-4/h5-9,12,14-15H,10-11,13H2,1-4H3,(H,33,34)/t14-,15-/m1/s1. The normalized spacial score (nSPS) is 18.2. The average Bonchev–Trinajstić information content (AvgIpc) is 3.22. The molecule has 10 nitrogen and oxygen atoms in total. The van der Waals surface area contributed by atoms with E-state index in [0.29, 0.717) is 35.4 Å². The van der Waals surface area contributed by atoms with Crippen LogP contribution >= 0.6 is 0 Å². The summed E-state index contributed by atoms with van der Waals surface area (Å²) in [6.45, 7) is 4.87. The third-order valence-electron chi connectivity index (χ3n) is 6.44. The fraction of sp³-hybridized carbons (Fsp3) is 0.360. The molecule has 1 aliphatic heterocycles. The first-order valence-electron chi connectivity index (χ1n) is 11.6. The maximum absolute atomic E-state index is 15.3. The van der Waals surface area contributed by atoms with Gasteiger partial charge in [-0.15, -0.1) is 0 Å². The Morgan fingerprint density at radius 2 is 1.94 bits per heavy atom. The molecule has 0 radical (unpaired) electrons. The molecule has 5 rings (SSSR count). The summed E-state index contributed by atoms with van der Waals surface area (Å²) in [6, 6.07) is 7.33. The van der Waals surface area contributed by atoms with Crippen molar-refractivity contribution in [3.8, 4) is 17.1 Å². The second-order valence-electron chi connectivity index (χ2n) is 9.09. The molecule has 2 aromatic heterocycles. The minimum Gasteiger partial charge on any atom is -0.465 e. The number of ether oxygens (including phenoxy) is 2. The van der Waals surface area contributed by atoms with Gasteiger partial charge in [-0.1, -0.05) is 0 Å². The van der Waals surface area contributed by atoms with Crippen LogP contribution in [0.15, 0.2) is 36.7 Å². The van der Waals surface area contributed by atoms with Crippen LogP contribution in [0.3, 0.4) is 0 Å². The van der Waals surface area contributed by atoms with Crippen LogP contribution in [-0.2, 0) is 11.8 Å². The summed E-state index contributed by atoms with van der Waals surface area (Å²) in [4.78, 5) is 24.4. The number of nitrogens with zero attached hydrogens (tertiary/aromatic N) is 6. The molecular formula is C25H27FN6O4. The molecule has 2 aromatic carbocycles. The number of amides is 1. The van der Waals surface area contributed by atoms with Gasteiger partial charge in [0.2, 0.25) is 0 Å². The molecule has 36 heavy (non-hydrogen) atoms. The fourth-order valence-electron chi connectivity index (χ4n) is 4.91. The molecule has 3 heterocycles. The van der Waals surface area contributed by atoms with Crippen LogP contribution in [0.4, 0.5) is 14.9 Å². The van der Waals surface area contributed by atoms with E-state index in [1.165, 1.54) is 12.0 Å². The van der Waals surface area contributed by atoms with Crippen molar-refractivity contribution < 1.29 is 23.8 Å². The van der Waals surface area contributed by atoms with E-state index in [9.17, 15) is 9.90 Å². The lowest BCUT2D eigenvalue weighted by atomic mass is 10.1. The zero-order chi connectivity index (χ0) is 25.6. The Bertz CT molecular complexity index is 1450. The summed E-state index contributed by atoms with van der Waals surface area (Å²) in [5.41, 5.74) is 2.26. The minimum atomic E-state index is -0.899. The predicted molar refractivity (Wildman–Crippen MR) is 133 cm³/mol. The monoisotopic (exact) mass is 494 g/mol. The van der Waals surface area contributed by atoms with Crippen molar-refractivity contribution in [2.75, 3.05) is 31.9 Å². The number of aromatic nitrogens is 4. The van der Waals surface area contributed by atoms with Crippen LogP contribution in [0, 0.1) is 5.82 Å². The highest BCUT2D eigenvalue weighted by molar-refractivity contribution is 5.89. The Morgan fingerprint density at radius 1 is 1.19 bits per heavy atom. The van der Waals surface area contributed by atoms with E-state index in [-0.39, 0.29) is 30.1 Å². The minimum absolute atomic E-state index is 0.0155. The summed E-state index contributed by atoms with van der Waals surface area (Å²) in [7, 11) is 3.19. The zero-order valence-electron chi connectivity index (χ0n) is 20.5. The Balaban J connectivity index is 1.51. The molecular weight excluding hydrogens is 467 g/mol. The maximum atomic E-state index is 15.3. The Morgan fingerprint density at radius 3 is 2.64 bits per heavy atom. The van der Waals surface area contributed by atoms with E-state index < -0.39 is 11.9 Å². The zero-order valence-corrected chi connectivity index (χ0v) is 20.5. The lowest BCUT2D eigenvalue weighted by molar-refractivity contribution is 0.0489. The lowest BCUT2D eigenvalue weighted by Gasteiger charge is -2.43. The number of aryl methyl sites for hydroxylation is 1. The van der Waals surface area contributed by atoms with Gasteiger partial charge in [0.25, 0.3) is 0 Å². The van der Waals surface area contributed by atoms with E-state index in [1.54, 1.807) is 30.2 Å². The molecule has 1 aliphatic rings. The van der Waals surface area contributed by atoms with E-state index in [4.69, 9.17) is 14.5 Å². The lowest BCUT2D eigenvalue weighted by Crippen LogP contribution is -2.58. The molecule has 0 bridgehead atoms. The molecule has 188 valence electrons. The number of fused-ring (bicyclic) bond motifs is 2. The second kappa shape index (κ2) is 9.23. The largest absolute Gasteiger partial charge is 0.465 e. The Labute approximate surface area is 206 Å². The summed E-state index contributed by atoms with van der Waals surface area (Å²) in [5, 5.41) is 15.1.